The van der Waals surface area contributed by atoms with E-state index in [-0.39, 0.29) is 0 Å². The number of piperidine rings is 1. The lowest BCUT2D eigenvalue weighted by Gasteiger charge is -2.47. The van der Waals surface area contributed by atoms with Crippen LogP contribution in [0.2, 0.25) is 0 Å². The third kappa shape index (κ3) is 3.75. The molecule has 2 aliphatic rings. The van der Waals surface area contributed by atoms with E-state index in [2.05, 4.69) is 50.1 Å². The van der Waals surface area contributed by atoms with Crippen molar-refractivity contribution in [3.05, 3.63) is 0 Å². The molecule has 0 aromatic heterocycles. The molecule has 1 N–H and O–H groups in total. The Morgan fingerprint density at radius 3 is 2.55 bits per heavy atom. The third-order valence-electron chi connectivity index (χ3n) is 5.87. The molecule has 0 amide bonds. The minimum absolute atomic E-state index is 0.683. The van der Waals surface area contributed by atoms with Crippen LogP contribution in [0.4, 0.5) is 0 Å². The first kappa shape index (κ1) is 16.3. The van der Waals surface area contributed by atoms with Gasteiger partial charge >= 0.3 is 0 Å². The molecule has 1 heterocycles. The summed E-state index contributed by atoms with van der Waals surface area (Å²) in [6.45, 7) is 7.32. The van der Waals surface area contributed by atoms with Crippen LogP contribution in [0.3, 0.4) is 0 Å². The molecule has 4 unspecified atom stereocenters. The van der Waals surface area contributed by atoms with E-state index >= 15 is 0 Å². The largest absolute Gasteiger partial charge is 0.315 e. The fourth-order valence-corrected chi connectivity index (χ4v) is 4.31. The van der Waals surface area contributed by atoms with E-state index in [4.69, 9.17) is 0 Å². The van der Waals surface area contributed by atoms with E-state index < -0.39 is 0 Å². The summed E-state index contributed by atoms with van der Waals surface area (Å²) in [5, 5.41) is 3.59. The minimum Gasteiger partial charge on any atom is -0.315 e. The van der Waals surface area contributed by atoms with Crippen LogP contribution in [-0.4, -0.2) is 62.2 Å². The molecular formula is C17H35N3. The van der Waals surface area contributed by atoms with Gasteiger partial charge in [-0.2, -0.15) is 0 Å². The van der Waals surface area contributed by atoms with Crippen molar-refractivity contribution in [2.24, 2.45) is 11.8 Å². The van der Waals surface area contributed by atoms with Crippen LogP contribution in [0, 0.1) is 11.8 Å². The number of hydrogen-bond acceptors (Lipinski definition) is 3. The summed E-state index contributed by atoms with van der Waals surface area (Å²) in [6, 6.07) is 2.15. The average molecular weight is 281 g/mol. The van der Waals surface area contributed by atoms with Gasteiger partial charge in [0.25, 0.3) is 0 Å². The molecule has 3 nitrogen and oxygen atoms in total. The summed E-state index contributed by atoms with van der Waals surface area (Å²) in [7, 11) is 6.79. The molecule has 3 heteroatoms. The van der Waals surface area contributed by atoms with Crippen molar-refractivity contribution in [3.63, 3.8) is 0 Å². The van der Waals surface area contributed by atoms with E-state index in [1.165, 1.54) is 45.2 Å². The molecule has 0 spiro atoms. The second-order valence-electron chi connectivity index (χ2n) is 7.50. The van der Waals surface area contributed by atoms with Crippen molar-refractivity contribution in [3.8, 4) is 0 Å². The summed E-state index contributed by atoms with van der Waals surface area (Å²) in [4.78, 5) is 5.22. The van der Waals surface area contributed by atoms with Crippen LogP contribution < -0.4 is 5.32 Å². The van der Waals surface area contributed by atoms with Gasteiger partial charge in [0.05, 0.1) is 0 Å². The fraction of sp³-hybridized carbons (Fsp3) is 1.00. The Morgan fingerprint density at radius 2 is 1.95 bits per heavy atom. The summed E-state index contributed by atoms with van der Waals surface area (Å²) >= 11 is 0. The maximum Gasteiger partial charge on any atom is 0.0252 e. The first-order chi connectivity index (χ1) is 9.52. The van der Waals surface area contributed by atoms with Gasteiger partial charge in [0, 0.05) is 24.7 Å². The van der Waals surface area contributed by atoms with E-state index in [1.807, 2.05) is 0 Å². The predicted molar refractivity (Wildman–Crippen MR) is 87.1 cm³/mol. The number of likely N-dealkylation sites (N-methyl/N-ethyl adjacent to an activating group) is 3. The van der Waals surface area contributed by atoms with Gasteiger partial charge in [-0.05, 0) is 71.6 Å². The first-order valence-electron chi connectivity index (χ1n) is 8.60. The van der Waals surface area contributed by atoms with Crippen LogP contribution in [0.25, 0.3) is 0 Å². The fourth-order valence-electron chi connectivity index (χ4n) is 4.31. The maximum atomic E-state index is 3.59. The Kier molecular flexibility index (Phi) is 5.88. The molecule has 1 aliphatic carbocycles. The molecule has 1 saturated carbocycles. The molecule has 0 bridgehead atoms. The van der Waals surface area contributed by atoms with Gasteiger partial charge < -0.3 is 10.2 Å². The Bertz CT molecular complexity index is 292. The standard InChI is InChI=1S/C17H35N3/c1-13(2)14-8-9-16(18-3)17(11-14)20(5)15-7-6-10-19(4)12-15/h13-18H,6-12H2,1-5H3. The molecule has 0 aromatic carbocycles. The molecule has 0 aromatic rings. The Hall–Kier alpha value is -0.120. The molecule has 2 rings (SSSR count). The van der Waals surface area contributed by atoms with Gasteiger partial charge in [-0.1, -0.05) is 13.8 Å². The molecular weight excluding hydrogens is 246 g/mol. The van der Waals surface area contributed by atoms with Crippen molar-refractivity contribution in [2.75, 3.05) is 34.2 Å². The predicted octanol–water partition coefficient (Wildman–Crippen LogP) is 2.43. The lowest BCUT2D eigenvalue weighted by atomic mass is 9.76. The van der Waals surface area contributed by atoms with Crippen molar-refractivity contribution < 1.29 is 0 Å². The van der Waals surface area contributed by atoms with E-state index in [1.54, 1.807) is 0 Å². The van der Waals surface area contributed by atoms with Gasteiger partial charge in [-0.15, -0.1) is 0 Å². The van der Waals surface area contributed by atoms with Crippen LogP contribution in [0.5, 0.6) is 0 Å². The van der Waals surface area contributed by atoms with Crippen LogP contribution >= 0.6 is 0 Å². The van der Waals surface area contributed by atoms with Crippen LogP contribution in [0.1, 0.15) is 46.0 Å². The van der Waals surface area contributed by atoms with Crippen LogP contribution in [0.15, 0.2) is 0 Å². The smallest absolute Gasteiger partial charge is 0.0252 e. The Labute approximate surface area is 126 Å². The van der Waals surface area contributed by atoms with Gasteiger partial charge in [0.15, 0.2) is 0 Å². The van der Waals surface area contributed by atoms with Crippen molar-refractivity contribution >= 4 is 0 Å². The topological polar surface area (TPSA) is 18.5 Å². The van der Waals surface area contributed by atoms with Gasteiger partial charge in [0.2, 0.25) is 0 Å². The molecule has 20 heavy (non-hydrogen) atoms. The highest BCUT2D eigenvalue weighted by molar-refractivity contribution is 4.93. The normalized spacial score (nSPS) is 36.8. The highest BCUT2D eigenvalue weighted by Crippen LogP contribution is 2.33. The molecule has 118 valence electrons. The number of nitrogens with one attached hydrogen (secondary N) is 1. The minimum atomic E-state index is 0.683. The van der Waals surface area contributed by atoms with Crippen molar-refractivity contribution in [1.29, 1.82) is 0 Å². The first-order valence-corrected chi connectivity index (χ1v) is 8.60. The summed E-state index contributed by atoms with van der Waals surface area (Å²) in [5.41, 5.74) is 0. The number of rotatable bonds is 4. The quantitative estimate of drug-likeness (QED) is 0.854. The lowest BCUT2D eigenvalue weighted by Crippen LogP contribution is -2.57. The second-order valence-corrected chi connectivity index (χ2v) is 7.50. The third-order valence-corrected chi connectivity index (χ3v) is 5.87. The summed E-state index contributed by atoms with van der Waals surface area (Å²) < 4.78 is 0. The number of likely N-dealkylation sites (tertiary alicyclic amines) is 1. The average Bonchev–Trinajstić information content (AvgIpc) is 2.45. The Balaban J connectivity index is 2.01. The zero-order chi connectivity index (χ0) is 14.7. The molecule has 2 fully saturated rings. The van der Waals surface area contributed by atoms with Gasteiger partial charge in [-0.3, -0.25) is 4.90 Å². The molecule has 0 radical (unpaired) electrons. The molecule has 4 atom stereocenters. The van der Waals surface area contributed by atoms with E-state index in [0.717, 1.165) is 23.9 Å². The monoisotopic (exact) mass is 281 g/mol. The molecule has 1 saturated heterocycles. The number of hydrogen-bond donors (Lipinski definition) is 1. The van der Waals surface area contributed by atoms with E-state index in [9.17, 15) is 0 Å². The zero-order valence-corrected chi connectivity index (χ0v) is 14.2. The van der Waals surface area contributed by atoms with Crippen molar-refractivity contribution in [1.82, 2.24) is 15.1 Å². The number of nitrogens with zero attached hydrogens (tertiary/aromatic N) is 2. The highest BCUT2D eigenvalue weighted by atomic mass is 15.2. The second kappa shape index (κ2) is 7.24. The highest BCUT2D eigenvalue weighted by Gasteiger charge is 2.36. The van der Waals surface area contributed by atoms with Gasteiger partial charge in [0.1, 0.15) is 0 Å². The van der Waals surface area contributed by atoms with Crippen LogP contribution in [-0.2, 0) is 0 Å². The van der Waals surface area contributed by atoms with Crippen molar-refractivity contribution in [2.45, 2.75) is 64.1 Å². The maximum absolute atomic E-state index is 3.59. The zero-order valence-electron chi connectivity index (χ0n) is 14.2. The summed E-state index contributed by atoms with van der Waals surface area (Å²) in [5.74, 6) is 1.74. The SMILES string of the molecule is CNC1CCC(C(C)C)CC1N(C)C1CCCN(C)C1. The molecule has 1 aliphatic heterocycles. The summed E-state index contributed by atoms with van der Waals surface area (Å²) in [6.07, 6.45) is 6.85. The van der Waals surface area contributed by atoms with E-state index in [0.29, 0.717) is 6.04 Å². The Morgan fingerprint density at radius 1 is 1.20 bits per heavy atom. The lowest BCUT2D eigenvalue weighted by molar-refractivity contribution is 0.0440. The van der Waals surface area contributed by atoms with Gasteiger partial charge in [-0.25, -0.2) is 0 Å².